The largest absolute Gasteiger partial charge is 0.505 e. The minimum Gasteiger partial charge on any atom is -0.505 e. The Bertz CT molecular complexity index is 1580. The van der Waals surface area contributed by atoms with E-state index in [1.54, 1.807) is 6.08 Å². The zero-order valence-corrected chi connectivity index (χ0v) is 24.1. The van der Waals surface area contributed by atoms with Crippen molar-refractivity contribution in [1.29, 1.82) is 0 Å². The highest BCUT2D eigenvalue weighted by molar-refractivity contribution is 9.09. The van der Waals surface area contributed by atoms with Crippen LogP contribution in [0.15, 0.2) is 54.1 Å². The number of anilines is 1. The molecule has 0 bridgehead atoms. The normalized spacial score (nSPS) is 32.6. The van der Waals surface area contributed by atoms with Gasteiger partial charge in [-0.2, -0.15) is 0 Å². The Balaban J connectivity index is 1.52. The fraction of sp³-hybridized carbons (Fsp3) is 0.333. The van der Waals surface area contributed by atoms with Crippen molar-refractivity contribution >= 4 is 81.0 Å². The first-order valence-corrected chi connectivity index (χ1v) is 14.6. The molecule has 3 N–H and O–H groups in total. The van der Waals surface area contributed by atoms with Gasteiger partial charge in [0.2, 0.25) is 11.8 Å². The molecule has 2 aliphatic carbocycles. The Kier molecular flexibility index (Phi) is 6.66. The van der Waals surface area contributed by atoms with E-state index in [1.165, 1.54) is 36.4 Å². The first-order chi connectivity index (χ1) is 19.4. The summed E-state index contributed by atoms with van der Waals surface area (Å²) in [5, 5.41) is 30.0. The van der Waals surface area contributed by atoms with Gasteiger partial charge in [-0.25, -0.2) is 4.39 Å². The van der Waals surface area contributed by atoms with Crippen LogP contribution in [0.4, 0.5) is 10.1 Å². The number of para-hydroxylation sites is 1. The summed E-state index contributed by atoms with van der Waals surface area (Å²) in [6, 6.07) is 9.45. The zero-order chi connectivity index (χ0) is 29.6. The molecule has 4 aliphatic rings. The molecule has 212 valence electrons. The van der Waals surface area contributed by atoms with Crippen LogP contribution in [-0.2, 0) is 19.2 Å². The number of likely N-dealkylation sites (tertiary alicyclic amines) is 1. The number of fused-ring (bicyclic) bond motifs is 4. The SMILES string of the molecule is O=C1C2CC=C3C(CC4(Cl)C(=O)N(CBr)C(=O)C4(Cl)C3c3cccc(F)c3O)C2C(=O)N1c1cccc(B(O)O)c1. The van der Waals surface area contributed by atoms with Crippen molar-refractivity contribution in [3.05, 3.63) is 65.5 Å². The molecule has 0 aromatic heterocycles. The average molecular weight is 666 g/mol. The summed E-state index contributed by atoms with van der Waals surface area (Å²) in [5.74, 6) is -8.54. The monoisotopic (exact) mass is 664 g/mol. The average Bonchev–Trinajstić information content (AvgIpc) is 3.28. The predicted octanol–water partition coefficient (Wildman–Crippen LogP) is 2.13. The second-order valence-corrected chi connectivity index (χ2v) is 12.4. The summed E-state index contributed by atoms with van der Waals surface area (Å²) in [6.45, 7) is 0. The number of nitrogens with zero attached hydrogens (tertiary/aromatic N) is 2. The van der Waals surface area contributed by atoms with Gasteiger partial charge < -0.3 is 15.2 Å². The first kappa shape index (κ1) is 28.4. The number of carbonyl (C=O) groups excluding carboxylic acids is 4. The third kappa shape index (κ3) is 3.67. The highest BCUT2D eigenvalue weighted by Gasteiger charge is 2.76. The molecule has 41 heavy (non-hydrogen) atoms. The van der Waals surface area contributed by atoms with E-state index in [9.17, 15) is 38.7 Å². The number of phenols is 1. The zero-order valence-electron chi connectivity index (χ0n) is 21.0. The van der Waals surface area contributed by atoms with E-state index in [1.807, 2.05) is 0 Å². The summed E-state index contributed by atoms with van der Waals surface area (Å²) in [6.07, 6.45) is 1.46. The van der Waals surface area contributed by atoms with Crippen LogP contribution >= 0.6 is 39.1 Å². The van der Waals surface area contributed by atoms with Gasteiger partial charge in [0.15, 0.2) is 21.3 Å². The fourth-order valence-corrected chi connectivity index (χ4v) is 8.36. The smallest absolute Gasteiger partial charge is 0.488 e. The molecule has 1 saturated carbocycles. The molecule has 2 aliphatic heterocycles. The highest BCUT2D eigenvalue weighted by atomic mass is 79.9. The Morgan fingerprint density at radius 2 is 1.73 bits per heavy atom. The molecule has 9 nitrogen and oxygen atoms in total. The minimum atomic E-state index is -2.17. The molecule has 6 rings (SSSR count). The fourth-order valence-electron chi connectivity index (χ4n) is 6.94. The Morgan fingerprint density at radius 1 is 1.02 bits per heavy atom. The molecule has 4 amide bonds. The standard InChI is InChI=1S/C27H21BBrCl2FN2O7/c29-11-33-24(38)26(30)10-17-14(20(27(26,31)25(33)39)16-5-2-6-18(32)21(16)35)7-8-15-19(17)23(37)34(22(15)36)13-4-1-3-12(9-13)28(40)41/h1-7,9,15,17,19-20,35,40-41H,8,10-11H2. The van der Waals surface area contributed by atoms with Crippen LogP contribution in [0.2, 0.25) is 0 Å². The summed E-state index contributed by atoms with van der Waals surface area (Å²) in [7, 11) is -1.83. The number of aromatic hydroxyl groups is 1. The van der Waals surface area contributed by atoms with Crippen LogP contribution < -0.4 is 10.4 Å². The Morgan fingerprint density at radius 3 is 2.41 bits per heavy atom. The highest BCUT2D eigenvalue weighted by Crippen LogP contribution is 2.66. The molecule has 0 spiro atoms. The molecule has 2 aromatic rings. The number of hydrogen-bond acceptors (Lipinski definition) is 7. The van der Waals surface area contributed by atoms with Gasteiger partial charge in [-0.1, -0.05) is 51.8 Å². The molecule has 3 fully saturated rings. The van der Waals surface area contributed by atoms with Gasteiger partial charge in [0.1, 0.15) is 0 Å². The maximum Gasteiger partial charge on any atom is 0.488 e. The molecular formula is C27H21BBrCl2FN2O7. The van der Waals surface area contributed by atoms with Crippen LogP contribution in [0.25, 0.3) is 0 Å². The Hall–Kier alpha value is -2.77. The van der Waals surface area contributed by atoms with Gasteiger partial charge in [-0.3, -0.25) is 29.0 Å². The van der Waals surface area contributed by atoms with E-state index in [0.717, 1.165) is 15.9 Å². The number of carbonyl (C=O) groups is 4. The minimum absolute atomic E-state index is 0.0685. The number of hydrogen-bond donors (Lipinski definition) is 3. The van der Waals surface area contributed by atoms with Crippen molar-refractivity contribution in [1.82, 2.24) is 4.90 Å². The van der Waals surface area contributed by atoms with Crippen molar-refractivity contribution in [2.24, 2.45) is 17.8 Å². The maximum atomic E-state index is 14.6. The second-order valence-electron chi connectivity index (χ2n) is 10.6. The van der Waals surface area contributed by atoms with Crippen LogP contribution in [-0.4, -0.2) is 66.0 Å². The lowest BCUT2D eigenvalue weighted by molar-refractivity contribution is -0.138. The number of allylic oxidation sites excluding steroid dienone is 2. The second kappa shape index (κ2) is 9.63. The van der Waals surface area contributed by atoms with E-state index in [0.29, 0.717) is 5.57 Å². The van der Waals surface area contributed by atoms with E-state index >= 15 is 0 Å². The van der Waals surface area contributed by atoms with Crippen molar-refractivity contribution in [3.63, 3.8) is 0 Å². The third-order valence-corrected chi connectivity index (χ3v) is 10.7. The number of imide groups is 2. The third-order valence-electron chi connectivity index (χ3n) is 8.77. The number of benzene rings is 2. The van der Waals surface area contributed by atoms with Crippen LogP contribution in [0.3, 0.4) is 0 Å². The van der Waals surface area contributed by atoms with Gasteiger partial charge in [-0.05, 0) is 42.4 Å². The van der Waals surface area contributed by atoms with Crippen LogP contribution in [0.5, 0.6) is 5.75 Å². The molecule has 2 saturated heterocycles. The lowest BCUT2D eigenvalue weighted by Gasteiger charge is -2.50. The predicted molar refractivity (Wildman–Crippen MR) is 150 cm³/mol. The quantitative estimate of drug-likeness (QED) is 0.150. The summed E-state index contributed by atoms with van der Waals surface area (Å²) in [5.41, 5.74) is 0.326. The topological polar surface area (TPSA) is 135 Å². The van der Waals surface area contributed by atoms with E-state index in [-0.39, 0.29) is 35.0 Å². The number of halogens is 4. The first-order valence-electron chi connectivity index (χ1n) is 12.7. The van der Waals surface area contributed by atoms with Crippen molar-refractivity contribution in [3.8, 4) is 5.75 Å². The van der Waals surface area contributed by atoms with E-state index < -0.39 is 75.7 Å². The molecule has 0 radical (unpaired) electrons. The van der Waals surface area contributed by atoms with Crippen LogP contribution in [0.1, 0.15) is 24.3 Å². The molecular weight excluding hydrogens is 645 g/mol. The van der Waals surface area contributed by atoms with Gasteiger partial charge in [0.25, 0.3) is 11.8 Å². The molecule has 6 atom stereocenters. The van der Waals surface area contributed by atoms with Gasteiger partial charge >= 0.3 is 7.12 Å². The molecule has 2 aromatic carbocycles. The van der Waals surface area contributed by atoms with Gasteiger partial charge in [0, 0.05) is 11.5 Å². The lowest BCUT2D eigenvalue weighted by atomic mass is 9.56. The van der Waals surface area contributed by atoms with Crippen molar-refractivity contribution in [2.75, 3.05) is 10.4 Å². The van der Waals surface area contributed by atoms with Gasteiger partial charge in [0.05, 0.1) is 23.0 Å². The number of rotatable bonds is 4. The lowest BCUT2D eigenvalue weighted by Crippen LogP contribution is -2.60. The number of amides is 4. The van der Waals surface area contributed by atoms with Gasteiger partial charge in [-0.15, -0.1) is 23.2 Å². The molecule has 2 heterocycles. The molecule has 6 unspecified atom stereocenters. The maximum absolute atomic E-state index is 14.6. The number of alkyl halides is 3. The Labute approximate surface area is 251 Å². The summed E-state index contributed by atoms with van der Waals surface area (Å²) < 4.78 is 14.6. The van der Waals surface area contributed by atoms with E-state index in [2.05, 4.69) is 15.9 Å². The van der Waals surface area contributed by atoms with Crippen molar-refractivity contribution in [2.45, 2.75) is 28.5 Å². The van der Waals surface area contributed by atoms with Crippen molar-refractivity contribution < 1.29 is 38.7 Å². The van der Waals surface area contributed by atoms with E-state index in [4.69, 9.17) is 23.2 Å². The summed E-state index contributed by atoms with van der Waals surface area (Å²) >= 11 is 17.3. The van der Waals surface area contributed by atoms with Crippen LogP contribution in [0, 0.1) is 23.6 Å². The molecule has 14 heteroatoms. The summed E-state index contributed by atoms with van der Waals surface area (Å²) in [4.78, 5) is 52.5. The number of phenolic OH excluding ortho intramolecular Hbond substituents is 1.